The highest BCUT2D eigenvalue weighted by Gasteiger charge is 2.32. The second kappa shape index (κ2) is 6.92. The van der Waals surface area contributed by atoms with Gasteiger partial charge in [-0.05, 0) is 30.3 Å². The lowest BCUT2D eigenvalue weighted by Crippen LogP contribution is -2.31. The first kappa shape index (κ1) is 16.2. The molecule has 25 heavy (non-hydrogen) atoms. The smallest absolute Gasteiger partial charge is 0.161 e. The lowest BCUT2D eigenvalue weighted by Gasteiger charge is -2.19. The molecule has 2 aromatic heterocycles. The van der Waals surface area contributed by atoms with E-state index in [4.69, 9.17) is 21.1 Å². The SMILES string of the molecule is OC1/C(=C/c2ccc(-c3ccccc3)o2)SC(=S)N1Cc1ccco1. The molecule has 0 saturated carbocycles. The predicted octanol–water partition coefficient (Wildman–Crippen LogP) is 4.73. The average Bonchev–Trinajstić information content (AvgIpc) is 3.35. The number of aliphatic hydroxyl groups is 1. The number of thiocarbonyl (C=S) groups is 1. The van der Waals surface area contributed by atoms with E-state index in [-0.39, 0.29) is 0 Å². The van der Waals surface area contributed by atoms with Crippen LogP contribution in [0.1, 0.15) is 11.5 Å². The van der Waals surface area contributed by atoms with E-state index >= 15 is 0 Å². The third kappa shape index (κ3) is 3.42. The fraction of sp³-hybridized carbons (Fsp3) is 0.105. The highest BCUT2D eigenvalue weighted by Crippen LogP contribution is 2.37. The lowest BCUT2D eigenvalue weighted by atomic mass is 10.2. The molecule has 1 saturated heterocycles. The van der Waals surface area contributed by atoms with Gasteiger partial charge in [-0.3, -0.25) is 0 Å². The Morgan fingerprint density at radius 3 is 2.72 bits per heavy atom. The maximum absolute atomic E-state index is 10.6. The minimum absolute atomic E-state index is 0.435. The van der Waals surface area contributed by atoms with Gasteiger partial charge in [0.05, 0.1) is 12.8 Å². The normalized spacial score (nSPS) is 19.1. The Kier molecular flexibility index (Phi) is 4.48. The van der Waals surface area contributed by atoms with E-state index in [1.54, 1.807) is 11.2 Å². The molecule has 126 valence electrons. The van der Waals surface area contributed by atoms with Crippen LogP contribution in [0.4, 0.5) is 0 Å². The van der Waals surface area contributed by atoms with Gasteiger partial charge < -0.3 is 18.8 Å². The van der Waals surface area contributed by atoms with Gasteiger partial charge in [0.25, 0.3) is 0 Å². The summed E-state index contributed by atoms with van der Waals surface area (Å²) in [6.07, 6.45) is 2.64. The number of hydrogen-bond donors (Lipinski definition) is 1. The zero-order valence-corrected chi connectivity index (χ0v) is 14.8. The van der Waals surface area contributed by atoms with E-state index in [1.807, 2.05) is 60.7 Å². The summed E-state index contributed by atoms with van der Waals surface area (Å²) in [5, 5.41) is 10.6. The number of hydrogen-bond acceptors (Lipinski definition) is 5. The van der Waals surface area contributed by atoms with Gasteiger partial charge in [0.15, 0.2) is 6.23 Å². The molecular formula is C19H15NO3S2. The number of aliphatic hydroxyl groups excluding tert-OH is 1. The third-order valence-electron chi connectivity index (χ3n) is 3.87. The van der Waals surface area contributed by atoms with Crippen LogP contribution in [-0.2, 0) is 6.54 Å². The van der Waals surface area contributed by atoms with Crippen LogP contribution in [0.15, 0.2) is 74.6 Å². The Hall–Kier alpha value is -2.28. The maximum Gasteiger partial charge on any atom is 0.161 e. The number of furan rings is 2. The second-order valence-electron chi connectivity index (χ2n) is 5.56. The molecule has 1 aliphatic rings. The second-order valence-corrected chi connectivity index (χ2v) is 7.27. The average molecular weight is 369 g/mol. The van der Waals surface area contributed by atoms with Crippen LogP contribution >= 0.6 is 24.0 Å². The summed E-state index contributed by atoms with van der Waals surface area (Å²) in [6.45, 7) is 0.435. The summed E-state index contributed by atoms with van der Waals surface area (Å²) in [6, 6.07) is 17.4. The Balaban J connectivity index is 1.54. The highest BCUT2D eigenvalue weighted by molar-refractivity contribution is 8.25. The fourth-order valence-corrected chi connectivity index (χ4v) is 3.96. The standard InChI is InChI=1S/C19H15NO3S2/c21-18-17(25-19(24)20(18)12-15-7-4-10-22-15)11-14-8-9-16(23-14)13-5-2-1-3-6-13/h1-11,18,21H,12H2/b17-11-. The quantitative estimate of drug-likeness (QED) is 0.671. The first-order chi connectivity index (χ1) is 12.2. The van der Waals surface area contributed by atoms with Gasteiger partial charge in [-0.1, -0.05) is 54.3 Å². The molecule has 0 aliphatic carbocycles. The number of thioether (sulfide) groups is 1. The largest absolute Gasteiger partial charge is 0.467 e. The van der Waals surface area contributed by atoms with E-state index in [9.17, 15) is 5.11 Å². The molecule has 4 nitrogen and oxygen atoms in total. The molecule has 1 aliphatic heterocycles. The van der Waals surface area contributed by atoms with Crippen LogP contribution in [-0.4, -0.2) is 20.6 Å². The molecule has 4 rings (SSSR count). The van der Waals surface area contributed by atoms with Gasteiger partial charge in [-0.15, -0.1) is 0 Å². The van der Waals surface area contributed by atoms with E-state index in [2.05, 4.69) is 0 Å². The van der Waals surface area contributed by atoms with Crippen LogP contribution in [0.3, 0.4) is 0 Å². The van der Waals surface area contributed by atoms with Crippen molar-refractivity contribution in [3.63, 3.8) is 0 Å². The third-order valence-corrected chi connectivity index (χ3v) is 5.32. The molecule has 0 amide bonds. The molecule has 1 fully saturated rings. The minimum Gasteiger partial charge on any atom is -0.467 e. The Labute approximate surface area is 154 Å². The van der Waals surface area contributed by atoms with Crippen molar-refractivity contribution in [3.05, 3.63) is 77.3 Å². The van der Waals surface area contributed by atoms with Crippen molar-refractivity contribution in [1.82, 2.24) is 4.90 Å². The summed E-state index contributed by atoms with van der Waals surface area (Å²) in [5.74, 6) is 2.23. The molecule has 3 heterocycles. The van der Waals surface area contributed by atoms with E-state index < -0.39 is 6.23 Å². The fourth-order valence-electron chi connectivity index (χ4n) is 2.62. The van der Waals surface area contributed by atoms with Gasteiger partial charge >= 0.3 is 0 Å². The molecular weight excluding hydrogens is 354 g/mol. The predicted molar refractivity (Wildman–Crippen MR) is 103 cm³/mol. The summed E-state index contributed by atoms with van der Waals surface area (Å²) in [5.41, 5.74) is 1.02. The summed E-state index contributed by atoms with van der Waals surface area (Å²) in [7, 11) is 0. The molecule has 1 atom stereocenters. The number of benzene rings is 1. The van der Waals surface area contributed by atoms with E-state index in [0.29, 0.717) is 16.6 Å². The van der Waals surface area contributed by atoms with Gasteiger partial charge in [0.2, 0.25) is 0 Å². The van der Waals surface area contributed by atoms with Crippen molar-refractivity contribution in [1.29, 1.82) is 0 Å². The number of rotatable bonds is 4. The molecule has 0 bridgehead atoms. The first-order valence-corrected chi connectivity index (χ1v) is 8.99. The Morgan fingerprint density at radius 1 is 1.12 bits per heavy atom. The van der Waals surface area contributed by atoms with Gasteiger partial charge in [-0.2, -0.15) is 0 Å². The van der Waals surface area contributed by atoms with Crippen LogP contribution in [0, 0.1) is 0 Å². The van der Waals surface area contributed by atoms with E-state index in [0.717, 1.165) is 22.0 Å². The molecule has 3 aromatic rings. The van der Waals surface area contributed by atoms with Crippen LogP contribution in [0.25, 0.3) is 17.4 Å². The zero-order chi connectivity index (χ0) is 17.2. The van der Waals surface area contributed by atoms with Crippen molar-refractivity contribution in [2.24, 2.45) is 0 Å². The van der Waals surface area contributed by atoms with Gasteiger partial charge in [0.1, 0.15) is 21.6 Å². The Bertz CT molecular complexity index is 900. The van der Waals surface area contributed by atoms with Crippen molar-refractivity contribution >= 4 is 34.4 Å². The molecule has 0 spiro atoms. The summed E-state index contributed by atoms with van der Waals surface area (Å²) < 4.78 is 11.8. The van der Waals surface area contributed by atoms with Crippen molar-refractivity contribution < 1.29 is 13.9 Å². The monoisotopic (exact) mass is 369 g/mol. The van der Waals surface area contributed by atoms with Crippen LogP contribution < -0.4 is 0 Å². The molecule has 1 N–H and O–H groups in total. The van der Waals surface area contributed by atoms with Gasteiger partial charge in [-0.25, -0.2) is 0 Å². The highest BCUT2D eigenvalue weighted by atomic mass is 32.2. The molecule has 1 aromatic carbocycles. The maximum atomic E-state index is 10.6. The van der Waals surface area contributed by atoms with E-state index in [1.165, 1.54) is 11.8 Å². The van der Waals surface area contributed by atoms with Crippen molar-refractivity contribution in [3.8, 4) is 11.3 Å². The van der Waals surface area contributed by atoms with Crippen molar-refractivity contribution in [2.45, 2.75) is 12.8 Å². The van der Waals surface area contributed by atoms with Crippen LogP contribution in [0.2, 0.25) is 0 Å². The topological polar surface area (TPSA) is 49.8 Å². The Morgan fingerprint density at radius 2 is 1.96 bits per heavy atom. The first-order valence-electron chi connectivity index (χ1n) is 7.76. The zero-order valence-electron chi connectivity index (χ0n) is 13.2. The van der Waals surface area contributed by atoms with Crippen LogP contribution in [0.5, 0.6) is 0 Å². The number of nitrogens with zero attached hydrogens (tertiary/aromatic N) is 1. The minimum atomic E-state index is -0.798. The van der Waals surface area contributed by atoms with Crippen molar-refractivity contribution in [2.75, 3.05) is 0 Å². The molecule has 6 heteroatoms. The lowest BCUT2D eigenvalue weighted by molar-refractivity contribution is 0.0927. The summed E-state index contributed by atoms with van der Waals surface area (Å²) >= 11 is 6.75. The summed E-state index contributed by atoms with van der Waals surface area (Å²) in [4.78, 5) is 2.47. The molecule has 0 radical (unpaired) electrons. The molecule has 1 unspecified atom stereocenters. The van der Waals surface area contributed by atoms with Gasteiger partial charge in [0, 0.05) is 10.5 Å².